The van der Waals surface area contributed by atoms with Crippen LogP contribution in [0.2, 0.25) is 0 Å². The maximum atomic E-state index is 4.35. The Morgan fingerprint density at radius 1 is 1.35 bits per heavy atom. The van der Waals surface area contributed by atoms with E-state index in [9.17, 15) is 0 Å². The fourth-order valence-corrected chi connectivity index (χ4v) is 2.58. The lowest BCUT2D eigenvalue weighted by molar-refractivity contribution is 0.233. The number of hydrogen-bond donors (Lipinski definition) is 1. The van der Waals surface area contributed by atoms with Gasteiger partial charge in [0.2, 0.25) is 5.13 Å². The van der Waals surface area contributed by atoms with Gasteiger partial charge in [-0.2, -0.15) is 5.10 Å². The Morgan fingerprint density at radius 3 is 3.00 bits per heavy atom. The molecule has 0 spiro atoms. The Morgan fingerprint density at radius 2 is 2.24 bits per heavy atom. The Kier molecular flexibility index (Phi) is 3.17. The van der Waals surface area contributed by atoms with E-state index in [2.05, 4.69) is 26.5 Å². The highest BCUT2D eigenvalue weighted by atomic mass is 32.1. The molecule has 17 heavy (non-hydrogen) atoms. The van der Waals surface area contributed by atoms with Crippen LogP contribution in [0.5, 0.6) is 0 Å². The first-order chi connectivity index (χ1) is 8.42. The SMILES string of the molecule is c1csc(-n2cc(CN3CCNCC3)cn2)n1. The van der Waals surface area contributed by atoms with Crippen LogP contribution >= 0.6 is 11.3 Å². The second-order valence-corrected chi connectivity index (χ2v) is 5.01. The zero-order valence-electron chi connectivity index (χ0n) is 9.54. The Balaban J connectivity index is 1.68. The van der Waals surface area contributed by atoms with Gasteiger partial charge in [0.1, 0.15) is 0 Å². The van der Waals surface area contributed by atoms with E-state index in [-0.39, 0.29) is 0 Å². The van der Waals surface area contributed by atoms with Gasteiger partial charge in [-0.3, -0.25) is 4.90 Å². The molecule has 2 aromatic heterocycles. The Bertz CT molecular complexity index is 458. The van der Waals surface area contributed by atoms with E-state index in [1.165, 1.54) is 5.56 Å². The van der Waals surface area contributed by atoms with E-state index in [1.807, 2.05) is 16.3 Å². The summed E-state index contributed by atoms with van der Waals surface area (Å²) < 4.78 is 1.85. The smallest absolute Gasteiger partial charge is 0.210 e. The molecule has 5 nitrogen and oxygen atoms in total. The van der Waals surface area contributed by atoms with Gasteiger partial charge in [0.25, 0.3) is 0 Å². The summed E-state index contributed by atoms with van der Waals surface area (Å²) in [4.78, 5) is 6.69. The van der Waals surface area contributed by atoms with Crippen molar-refractivity contribution < 1.29 is 0 Å². The molecule has 1 fully saturated rings. The summed E-state index contributed by atoms with van der Waals surface area (Å²) in [5.41, 5.74) is 1.25. The third-order valence-corrected chi connectivity index (χ3v) is 3.63. The van der Waals surface area contributed by atoms with Crippen molar-refractivity contribution in [2.75, 3.05) is 26.2 Å². The molecule has 0 aromatic carbocycles. The molecular formula is C11H15N5S. The first kappa shape index (κ1) is 10.9. The molecule has 0 aliphatic carbocycles. The third-order valence-electron chi connectivity index (χ3n) is 2.87. The normalized spacial score (nSPS) is 17.4. The molecular weight excluding hydrogens is 234 g/mol. The second kappa shape index (κ2) is 4.95. The molecule has 0 unspecified atom stereocenters. The molecule has 3 heterocycles. The topological polar surface area (TPSA) is 46.0 Å². The van der Waals surface area contributed by atoms with Gasteiger partial charge in [0.15, 0.2) is 0 Å². The van der Waals surface area contributed by atoms with E-state index in [0.717, 1.165) is 37.9 Å². The van der Waals surface area contributed by atoms with Crippen LogP contribution in [-0.4, -0.2) is 45.8 Å². The molecule has 2 aromatic rings. The molecule has 1 aliphatic heterocycles. The molecule has 0 saturated carbocycles. The summed E-state index contributed by atoms with van der Waals surface area (Å²) in [7, 11) is 0. The molecule has 0 bridgehead atoms. The maximum absolute atomic E-state index is 4.35. The summed E-state index contributed by atoms with van der Waals surface area (Å²) in [6, 6.07) is 0. The van der Waals surface area contributed by atoms with Crippen LogP contribution in [0.1, 0.15) is 5.56 Å². The van der Waals surface area contributed by atoms with Crippen LogP contribution in [0.4, 0.5) is 0 Å². The van der Waals surface area contributed by atoms with Crippen molar-refractivity contribution in [1.29, 1.82) is 0 Å². The predicted molar refractivity (Wildman–Crippen MR) is 67.4 cm³/mol. The van der Waals surface area contributed by atoms with Gasteiger partial charge in [0.05, 0.1) is 6.20 Å². The number of thiazole rings is 1. The molecule has 1 N–H and O–H groups in total. The highest BCUT2D eigenvalue weighted by Crippen LogP contribution is 2.12. The van der Waals surface area contributed by atoms with Crippen molar-refractivity contribution in [1.82, 2.24) is 25.0 Å². The molecule has 3 rings (SSSR count). The fourth-order valence-electron chi connectivity index (χ4n) is 2.00. The first-order valence-electron chi connectivity index (χ1n) is 5.78. The number of piperazine rings is 1. The molecule has 1 saturated heterocycles. The van der Waals surface area contributed by atoms with Gasteiger partial charge in [-0.25, -0.2) is 9.67 Å². The quantitative estimate of drug-likeness (QED) is 0.871. The highest BCUT2D eigenvalue weighted by Gasteiger charge is 2.11. The van der Waals surface area contributed by atoms with Crippen LogP contribution in [0, 0.1) is 0 Å². The Hall–Kier alpha value is -1.24. The van der Waals surface area contributed by atoms with Gasteiger partial charge in [-0.15, -0.1) is 11.3 Å². The van der Waals surface area contributed by atoms with E-state index in [1.54, 1.807) is 17.5 Å². The number of rotatable bonds is 3. The van der Waals surface area contributed by atoms with Gasteiger partial charge in [-0.1, -0.05) is 0 Å². The summed E-state index contributed by atoms with van der Waals surface area (Å²) in [5.74, 6) is 0. The van der Waals surface area contributed by atoms with E-state index >= 15 is 0 Å². The van der Waals surface area contributed by atoms with Gasteiger partial charge in [-0.05, 0) is 0 Å². The maximum Gasteiger partial charge on any atom is 0.210 e. The monoisotopic (exact) mass is 249 g/mol. The number of nitrogens with zero attached hydrogens (tertiary/aromatic N) is 4. The minimum Gasteiger partial charge on any atom is -0.314 e. The lowest BCUT2D eigenvalue weighted by atomic mass is 10.3. The third kappa shape index (κ3) is 2.54. The Labute approximate surface area is 104 Å². The van der Waals surface area contributed by atoms with Crippen molar-refractivity contribution in [3.05, 3.63) is 29.5 Å². The van der Waals surface area contributed by atoms with E-state index in [0.29, 0.717) is 0 Å². The van der Waals surface area contributed by atoms with E-state index < -0.39 is 0 Å². The van der Waals surface area contributed by atoms with Crippen LogP contribution in [0.25, 0.3) is 5.13 Å². The summed E-state index contributed by atoms with van der Waals surface area (Å²) >= 11 is 1.60. The fraction of sp³-hybridized carbons (Fsp3) is 0.455. The highest BCUT2D eigenvalue weighted by molar-refractivity contribution is 7.12. The molecule has 90 valence electrons. The average molecular weight is 249 g/mol. The van der Waals surface area contributed by atoms with Gasteiger partial charge >= 0.3 is 0 Å². The summed E-state index contributed by atoms with van der Waals surface area (Å²) in [6.45, 7) is 5.37. The molecule has 0 amide bonds. The molecule has 1 aliphatic rings. The van der Waals surface area contributed by atoms with Crippen molar-refractivity contribution in [2.24, 2.45) is 0 Å². The standard InChI is InChI=1S/C11H15N5S/c1-4-15(5-2-12-1)8-10-7-14-16(9-10)11-13-3-6-17-11/h3,6-7,9,12H,1-2,4-5,8H2. The minimum atomic E-state index is 0.927. The van der Waals surface area contributed by atoms with Crippen LogP contribution in [-0.2, 0) is 6.54 Å². The van der Waals surface area contributed by atoms with Crippen molar-refractivity contribution in [2.45, 2.75) is 6.54 Å². The second-order valence-electron chi connectivity index (χ2n) is 4.13. The van der Waals surface area contributed by atoms with E-state index in [4.69, 9.17) is 0 Å². The summed E-state index contributed by atoms with van der Waals surface area (Å²) in [5, 5.41) is 10.6. The zero-order chi connectivity index (χ0) is 11.5. The minimum absolute atomic E-state index is 0.927. The molecule has 0 atom stereocenters. The van der Waals surface area contributed by atoms with Crippen molar-refractivity contribution >= 4 is 11.3 Å². The lowest BCUT2D eigenvalue weighted by Gasteiger charge is -2.26. The zero-order valence-corrected chi connectivity index (χ0v) is 10.4. The van der Waals surface area contributed by atoms with Gasteiger partial charge in [0, 0.05) is 56.1 Å². The largest absolute Gasteiger partial charge is 0.314 e. The number of nitrogens with one attached hydrogen (secondary N) is 1. The van der Waals surface area contributed by atoms with Crippen molar-refractivity contribution in [3.63, 3.8) is 0 Å². The van der Waals surface area contributed by atoms with Crippen LogP contribution < -0.4 is 5.32 Å². The van der Waals surface area contributed by atoms with Crippen molar-refractivity contribution in [3.8, 4) is 5.13 Å². The predicted octanol–water partition coefficient (Wildman–Crippen LogP) is 0.734. The first-order valence-corrected chi connectivity index (χ1v) is 6.66. The number of aromatic nitrogens is 3. The van der Waals surface area contributed by atoms with Crippen LogP contribution in [0.15, 0.2) is 24.0 Å². The number of hydrogen-bond acceptors (Lipinski definition) is 5. The average Bonchev–Trinajstić information content (AvgIpc) is 3.00. The summed E-state index contributed by atoms with van der Waals surface area (Å²) in [6.07, 6.45) is 5.81. The molecule has 0 radical (unpaired) electrons. The lowest BCUT2D eigenvalue weighted by Crippen LogP contribution is -2.42. The van der Waals surface area contributed by atoms with Crippen LogP contribution in [0.3, 0.4) is 0 Å². The molecule has 6 heteroatoms. The van der Waals surface area contributed by atoms with Gasteiger partial charge < -0.3 is 5.32 Å².